The van der Waals surface area contributed by atoms with E-state index in [2.05, 4.69) is 20.5 Å². The predicted molar refractivity (Wildman–Crippen MR) is 111 cm³/mol. The number of Topliss-reactive ketones (excluding diaryl/α,β-unsaturated/α-hetero) is 1. The van der Waals surface area contributed by atoms with E-state index in [4.69, 9.17) is 9.26 Å². The number of allylic oxidation sites excluding steroid dienone is 2. The lowest BCUT2D eigenvalue weighted by atomic mass is 10.00. The number of para-hydroxylation sites is 1. The molecule has 0 saturated carbocycles. The van der Waals surface area contributed by atoms with Crippen LogP contribution in [0.3, 0.4) is 0 Å². The predicted octanol–water partition coefficient (Wildman–Crippen LogP) is 2.64. The highest BCUT2D eigenvalue weighted by atomic mass is 32.2. The lowest BCUT2D eigenvalue weighted by Crippen LogP contribution is -2.30. The fourth-order valence-electron chi connectivity index (χ4n) is 2.61. The second-order valence-corrected chi connectivity index (χ2v) is 7.32. The van der Waals surface area contributed by atoms with Crippen molar-refractivity contribution in [2.24, 2.45) is 0 Å². The Bertz CT molecular complexity index is 1020. The van der Waals surface area contributed by atoms with Crippen LogP contribution in [-0.2, 0) is 9.47 Å². The number of urea groups is 1. The number of anilines is 1. The maximum Gasteiger partial charge on any atom is 0.361 e. The maximum atomic E-state index is 12.6. The number of hydrogen-bond acceptors (Lipinski definition) is 9. The van der Waals surface area contributed by atoms with Gasteiger partial charge >= 0.3 is 12.0 Å². The number of esters is 1. The van der Waals surface area contributed by atoms with Crippen LogP contribution in [0.2, 0.25) is 0 Å². The van der Waals surface area contributed by atoms with Gasteiger partial charge in [-0.2, -0.15) is 0 Å². The highest BCUT2D eigenvalue weighted by Gasteiger charge is 2.36. The molecule has 1 aromatic heterocycles. The summed E-state index contributed by atoms with van der Waals surface area (Å²) in [7, 11) is 1.14. The van der Waals surface area contributed by atoms with Crippen LogP contribution in [-0.4, -0.2) is 54.9 Å². The van der Waals surface area contributed by atoms with E-state index in [1.165, 1.54) is 0 Å². The largest absolute Gasteiger partial charge is 0.464 e. The van der Waals surface area contributed by atoms with Crippen molar-refractivity contribution in [3.05, 3.63) is 58.3 Å². The van der Waals surface area contributed by atoms with E-state index in [1.807, 2.05) is 18.2 Å². The zero-order valence-corrected chi connectivity index (χ0v) is 17.3. The second-order valence-electron chi connectivity index (χ2n) is 6.18. The number of thioether (sulfide) groups is 1. The molecule has 3 rings (SSSR count). The Balaban J connectivity index is 1.39. The molecule has 2 aromatic rings. The molecule has 1 heterocycles. The number of amides is 2. The normalized spacial score (nSPS) is 12.7. The number of nitrogens with zero attached hydrogens (tertiary/aromatic N) is 1. The molecule has 11 heteroatoms. The minimum absolute atomic E-state index is 0.0238. The molecule has 0 saturated heterocycles. The van der Waals surface area contributed by atoms with Crippen LogP contribution in [0.25, 0.3) is 0 Å². The summed E-state index contributed by atoms with van der Waals surface area (Å²) < 4.78 is 14.7. The van der Waals surface area contributed by atoms with E-state index in [0.29, 0.717) is 24.5 Å². The van der Waals surface area contributed by atoms with Crippen molar-refractivity contribution in [2.45, 2.75) is 6.42 Å². The summed E-state index contributed by atoms with van der Waals surface area (Å²) in [5.74, 6) is -1.69. The van der Waals surface area contributed by atoms with Gasteiger partial charge in [0.05, 0.1) is 12.0 Å². The van der Waals surface area contributed by atoms with Crippen LogP contribution in [0.1, 0.15) is 37.8 Å². The SMILES string of the molecule is COC(=O)c1noc2c1C(=O)C(SCCCOCNC(=O)Nc1ccccc1)=CC2=O. The van der Waals surface area contributed by atoms with Gasteiger partial charge in [-0.05, 0) is 18.6 Å². The van der Waals surface area contributed by atoms with Gasteiger partial charge in [-0.1, -0.05) is 23.4 Å². The summed E-state index contributed by atoms with van der Waals surface area (Å²) in [5.41, 5.74) is 0.180. The summed E-state index contributed by atoms with van der Waals surface area (Å²) in [4.78, 5) is 48.4. The summed E-state index contributed by atoms with van der Waals surface area (Å²) in [5, 5.41) is 8.71. The molecule has 2 amide bonds. The Morgan fingerprint density at radius 3 is 2.71 bits per heavy atom. The Kier molecular flexibility index (Phi) is 7.57. The fraction of sp³-hybridized carbons (Fsp3) is 0.250. The molecule has 2 N–H and O–H groups in total. The van der Waals surface area contributed by atoms with E-state index >= 15 is 0 Å². The number of aromatic nitrogens is 1. The van der Waals surface area contributed by atoms with Crippen LogP contribution < -0.4 is 10.6 Å². The van der Waals surface area contributed by atoms with Gasteiger partial charge in [0, 0.05) is 24.1 Å². The molecule has 10 nitrogen and oxygen atoms in total. The maximum absolute atomic E-state index is 12.6. The van der Waals surface area contributed by atoms with E-state index in [-0.39, 0.29) is 34.7 Å². The van der Waals surface area contributed by atoms with Gasteiger partial charge in [-0.3, -0.25) is 9.59 Å². The van der Waals surface area contributed by atoms with Crippen molar-refractivity contribution >= 4 is 41.0 Å². The summed E-state index contributed by atoms with van der Waals surface area (Å²) in [6.45, 7) is 0.357. The number of rotatable bonds is 9. The number of hydrogen-bond donors (Lipinski definition) is 2. The molecule has 1 aromatic carbocycles. The molecule has 0 radical (unpaired) electrons. The lowest BCUT2D eigenvalue weighted by Gasteiger charge is -2.11. The molecule has 0 atom stereocenters. The number of benzene rings is 1. The summed E-state index contributed by atoms with van der Waals surface area (Å²) >= 11 is 1.16. The average molecular weight is 445 g/mol. The Morgan fingerprint density at radius 2 is 1.97 bits per heavy atom. The first-order valence-corrected chi connectivity index (χ1v) is 10.2. The molecule has 1 aliphatic carbocycles. The lowest BCUT2D eigenvalue weighted by molar-refractivity contribution is 0.0586. The number of ketones is 2. The minimum atomic E-state index is -0.852. The second kappa shape index (κ2) is 10.5. The van der Waals surface area contributed by atoms with Crippen molar-refractivity contribution in [3.8, 4) is 0 Å². The van der Waals surface area contributed by atoms with Crippen LogP contribution in [0, 0.1) is 0 Å². The molecule has 0 aliphatic heterocycles. The van der Waals surface area contributed by atoms with Gasteiger partial charge in [0.15, 0.2) is 0 Å². The van der Waals surface area contributed by atoms with Crippen molar-refractivity contribution < 1.29 is 33.2 Å². The van der Waals surface area contributed by atoms with Crippen LogP contribution in [0.4, 0.5) is 10.5 Å². The average Bonchev–Trinajstić information content (AvgIpc) is 3.22. The first-order valence-electron chi connectivity index (χ1n) is 9.20. The van der Waals surface area contributed by atoms with Gasteiger partial charge < -0.3 is 24.6 Å². The van der Waals surface area contributed by atoms with Gasteiger partial charge in [0.1, 0.15) is 12.3 Å². The molecule has 162 valence electrons. The Labute approximate surface area is 181 Å². The zero-order valence-electron chi connectivity index (χ0n) is 16.5. The van der Waals surface area contributed by atoms with E-state index in [1.54, 1.807) is 12.1 Å². The topological polar surface area (TPSA) is 137 Å². The molecule has 0 spiro atoms. The molecule has 0 bridgehead atoms. The molecule has 1 aliphatic rings. The van der Waals surface area contributed by atoms with E-state index in [0.717, 1.165) is 24.9 Å². The van der Waals surface area contributed by atoms with Crippen LogP contribution in [0.5, 0.6) is 0 Å². The number of carbonyl (C=O) groups is 4. The third kappa shape index (κ3) is 5.58. The quantitative estimate of drug-likeness (QED) is 0.339. The van der Waals surface area contributed by atoms with Gasteiger partial charge in [0.2, 0.25) is 23.0 Å². The van der Waals surface area contributed by atoms with E-state index < -0.39 is 17.5 Å². The van der Waals surface area contributed by atoms with Crippen LogP contribution in [0.15, 0.2) is 45.8 Å². The zero-order chi connectivity index (χ0) is 22.2. The summed E-state index contributed by atoms with van der Waals surface area (Å²) in [6, 6.07) is 8.61. The van der Waals surface area contributed by atoms with Crippen molar-refractivity contribution in [3.63, 3.8) is 0 Å². The van der Waals surface area contributed by atoms with E-state index in [9.17, 15) is 19.2 Å². The highest BCUT2D eigenvalue weighted by molar-refractivity contribution is 8.04. The molecular weight excluding hydrogens is 426 g/mol. The Hall–Kier alpha value is -3.44. The molecular formula is C20H19N3O7S. The summed E-state index contributed by atoms with van der Waals surface area (Å²) in [6.07, 6.45) is 1.73. The monoisotopic (exact) mass is 445 g/mol. The number of ether oxygens (including phenoxy) is 2. The number of nitrogens with one attached hydrogen (secondary N) is 2. The molecule has 0 unspecified atom stereocenters. The van der Waals surface area contributed by atoms with Gasteiger partial charge in [-0.25, -0.2) is 9.59 Å². The third-order valence-electron chi connectivity index (χ3n) is 4.06. The minimum Gasteiger partial charge on any atom is -0.464 e. The van der Waals surface area contributed by atoms with Crippen LogP contribution >= 0.6 is 11.8 Å². The highest BCUT2D eigenvalue weighted by Crippen LogP contribution is 2.31. The number of fused-ring (bicyclic) bond motifs is 1. The fourth-order valence-corrected chi connectivity index (χ4v) is 3.52. The molecule has 0 fully saturated rings. The Morgan fingerprint density at radius 1 is 1.19 bits per heavy atom. The number of methoxy groups -OCH3 is 1. The first-order chi connectivity index (χ1) is 15.0. The first kappa shape index (κ1) is 22.2. The van der Waals surface area contributed by atoms with Crippen molar-refractivity contribution in [1.29, 1.82) is 0 Å². The van der Waals surface area contributed by atoms with Gasteiger partial charge in [-0.15, -0.1) is 11.8 Å². The molecule has 31 heavy (non-hydrogen) atoms. The third-order valence-corrected chi connectivity index (χ3v) is 5.17. The van der Waals surface area contributed by atoms with Gasteiger partial charge in [0.25, 0.3) is 0 Å². The van der Waals surface area contributed by atoms with Crippen molar-refractivity contribution in [1.82, 2.24) is 10.5 Å². The smallest absolute Gasteiger partial charge is 0.361 e. The van der Waals surface area contributed by atoms with Crippen molar-refractivity contribution in [2.75, 3.05) is 31.5 Å². The standard InChI is InChI=1S/C20H19N3O7S/c1-28-19(26)16-15-17(25)14(10-13(24)18(15)30-23-16)31-9-5-8-29-11-21-20(27)22-12-6-3-2-4-7-12/h2-4,6-7,10H,5,8-9,11H2,1H3,(H2,21,22,27). The number of carbonyl (C=O) groups excluding carboxylic acids is 4.